The van der Waals surface area contributed by atoms with Crippen molar-refractivity contribution in [2.24, 2.45) is 5.92 Å². The van der Waals surface area contributed by atoms with Crippen molar-refractivity contribution in [3.8, 4) is 0 Å². The van der Waals surface area contributed by atoms with Gasteiger partial charge in [-0.2, -0.15) is 0 Å². The second-order valence-electron chi connectivity index (χ2n) is 4.86. The molecule has 0 bridgehead atoms. The fraction of sp³-hybridized carbons (Fsp3) is 0.571. The van der Waals surface area contributed by atoms with E-state index >= 15 is 0 Å². The summed E-state index contributed by atoms with van der Waals surface area (Å²) < 4.78 is 1.02. The second kappa shape index (κ2) is 6.53. The minimum atomic E-state index is -0.408. The number of hydrogen-bond acceptors (Lipinski definition) is 2. The number of nitrogens with one attached hydrogen (secondary N) is 1. The van der Waals surface area contributed by atoms with E-state index in [0.717, 1.165) is 22.5 Å². The molecule has 17 heavy (non-hydrogen) atoms. The maximum absolute atomic E-state index is 10.00. The Kier molecular flexibility index (Phi) is 5.01. The molecule has 0 aromatic heterocycles. The van der Waals surface area contributed by atoms with Crippen molar-refractivity contribution in [2.45, 2.75) is 31.8 Å². The summed E-state index contributed by atoms with van der Waals surface area (Å²) in [5.41, 5.74) is 0.968. The molecular weight excluding hydrogens is 278 g/mol. The lowest BCUT2D eigenvalue weighted by atomic mass is 9.83. The first kappa shape index (κ1) is 13.1. The zero-order valence-electron chi connectivity index (χ0n) is 10.0. The van der Waals surface area contributed by atoms with Gasteiger partial charge < -0.3 is 10.4 Å². The first-order chi connectivity index (χ1) is 8.25. The minimum Gasteiger partial charge on any atom is -0.387 e. The van der Waals surface area contributed by atoms with E-state index in [-0.39, 0.29) is 0 Å². The molecule has 2 N–H and O–H groups in total. The van der Waals surface area contributed by atoms with E-state index in [9.17, 15) is 5.11 Å². The number of aliphatic hydroxyl groups excluding tert-OH is 1. The van der Waals surface area contributed by atoms with Crippen LogP contribution in [-0.4, -0.2) is 18.2 Å². The van der Waals surface area contributed by atoms with Crippen LogP contribution < -0.4 is 5.32 Å². The molecule has 1 fully saturated rings. The summed E-state index contributed by atoms with van der Waals surface area (Å²) in [6.07, 6.45) is 5.05. The third-order valence-electron chi connectivity index (χ3n) is 3.53. The molecule has 0 spiro atoms. The molecule has 0 amide bonds. The maximum Gasteiger partial charge on any atom is 0.0914 e. The summed E-state index contributed by atoms with van der Waals surface area (Å²) >= 11 is 3.42. The van der Waals surface area contributed by atoms with Gasteiger partial charge in [-0.1, -0.05) is 47.3 Å². The van der Waals surface area contributed by atoms with Gasteiger partial charge >= 0.3 is 0 Å². The van der Waals surface area contributed by atoms with Crippen LogP contribution >= 0.6 is 15.9 Å². The smallest absolute Gasteiger partial charge is 0.0914 e. The monoisotopic (exact) mass is 297 g/mol. The van der Waals surface area contributed by atoms with Gasteiger partial charge in [-0.3, -0.25) is 0 Å². The molecule has 1 atom stereocenters. The highest BCUT2D eigenvalue weighted by Gasteiger charge is 2.16. The molecule has 1 unspecified atom stereocenters. The van der Waals surface area contributed by atoms with Crippen molar-refractivity contribution in [1.29, 1.82) is 0 Å². The summed E-state index contributed by atoms with van der Waals surface area (Å²) in [6.45, 7) is 1.67. The van der Waals surface area contributed by atoms with Crippen LogP contribution in [0.2, 0.25) is 0 Å². The maximum atomic E-state index is 10.00. The Balaban J connectivity index is 1.67. The Bertz CT molecular complexity index is 352. The van der Waals surface area contributed by atoms with Crippen LogP contribution in [-0.2, 0) is 0 Å². The van der Waals surface area contributed by atoms with Crippen molar-refractivity contribution < 1.29 is 5.11 Å². The van der Waals surface area contributed by atoms with Crippen molar-refractivity contribution >= 4 is 15.9 Å². The van der Waals surface area contributed by atoms with Gasteiger partial charge in [-0.15, -0.1) is 0 Å². The van der Waals surface area contributed by atoms with Crippen LogP contribution in [0.15, 0.2) is 28.7 Å². The first-order valence-electron chi connectivity index (χ1n) is 6.40. The fourth-order valence-corrected chi connectivity index (χ4v) is 2.58. The molecule has 1 aromatic carbocycles. The van der Waals surface area contributed by atoms with E-state index in [2.05, 4.69) is 21.2 Å². The average Bonchev–Trinajstić information content (AvgIpc) is 2.26. The van der Waals surface area contributed by atoms with Crippen LogP contribution in [0.25, 0.3) is 0 Å². The molecule has 0 saturated heterocycles. The number of benzene rings is 1. The van der Waals surface area contributed by atoms with E-state index in [1.807, 2.05) is 24.3 Å². The van der Waals surface area contributed by atoms with E-state index < -0.39 is 6.10 Å². The molecule has 0 radical (unpaired) electrons. The fourth-order valence-electron chi connectivity index (χ4n) is 2.16. The summed E-state index contributed by atoms with van der Waals surface area (Å²) in [6, 6.07) is 7.86. The summed E-state index contributed by atoms with van der Waals surface area (Å²) in [4.78, 5) is 0. The lowest BCUT2D eigenvalue weighted by Crippen LogP contribution is -2.25. The number of aliphatic hydroxyl groups is 1. The van der Waals surface area contributed by atoms with Crippen LogP contribution in [0.1, 0.15) is 37.4 Å². The van der Waals surface area contributed by atoms with Crippen molar-refractivity contribution in [2.75, 3.05) is 13.1 Å². The third-order valence-corrected chi connectivity index (χ3v) is 4.02. The van der Waals surface area contributed by atoms with E-state index in [4.69, 9.17) is 0 Å². The number of rotatable bonds is 6. The molecule has 0 heterocycles. The Morgan fingerprint density at radius 1 is 1.41 bits per heavy atom. The lowest BCUT2D eigenvalue weighted by Gasteiger charge is -2.25. The normalized spacial score (nSPS) is 17.8. The summed E-state index contributed by atoms with van der Waals surface area (Å²) in [7, 11) is 0. The number of halogens is 1. The molecule has 94 valence electrons. The molecule has 2 nitrogen and oxygen atoms in total. The van der Waals surface area contributed by atoms with E-state index in [0.29, 0.717) is 6.54 Å². The first-order valence-corrected chi connectivity index (χ1v) is 7.19. The molecule has 0 aliphatic heterocycles. The predicted molar refractivity (Wildman–Crippen MR) is 73.9 cm³/mol. The molecule has 1 aliphatic rings. The predicted octanol–water partition coefficient (Wildman–Crippen LogP) is 3.26. The zero-order valence-corrected chi connectivity index (χ0v) is 11.6. The highest BCUT2D eigenvalue weighted by Crippen LogP contribution is 2.28. The van der Waals surface area contributed by atoms with Gasteiger partial charge in [0.05, 0.1) is 6.10 Å². The molecule has 2 rings (SSSR count). The second-order valence-corrected chi connectivity index (χ2v) is 5.78. The zero-order chi connectivity index (χ0) is 12.1. The highest BCUT2D eigenvalue weighted by atomic mass is 79.9. The number of hydrogen-bond donors (Lipinski definition) is 2. The quantitative estimate of drug-likeness (QED) is 0.790. The molecule has 3 heteroatoms. The Morgan fingerprint density at radius 2 is 2.24 bits per heavy atom. The highest BCUT2D eigenvalue weighted by molar-refractivity contribution is 9.10. The molecule has 1 aromatic rings. The van der Waals surface area contributed by atoms with Gasteiger partial charge in [0.25, 0.3) is 0 Å². The van der Waals surface area contributed by atoms with Crippen molar-refractivity contribution in [3.05, 3.63) is 34.3 Å². The van der Waals surface area contributed by atoms with E-state index in [1.165, 1.54) is 25.7 Å². The van der Waals surface area contributed by atoms with Gasteiger partial charge in [0.2, 0.25) is 0 Å². The summed E-state index contributed by atoms with van der Waals surface area (Å²) in [5.74, 6) is 0.936. The Morgan fingerprint density at radius 3 is 2.88 bits per heavy atom. The van der Waals surface area contributed by atoms with Crippen molar-refractivity contribution in [1.82, 2.24) is 5.32 Å². The van der Waals surface area contributed by atoms with Gasteiger partial charge in [0, 0.05) is 11.0 Å². The third kappa shape index (κ3) is 4.09. The van der Waals surface area contributed by atoms with Crippen molar-refractivity contribution in [3.63, 3.8) is 0 Å². The topological polar surface area (TPSA) is 32.3 Å². The Hall–Kier alpha value is -0.380. The SMILES string of the molecule is OC(CNCCC1CCC1)c1cccc(Br)c1. The van der Waals surface area contributed by atoms with Crippen LogP contribution in [0.3, 0.4) is 0 Å². The minimum absolute atomic E-state index is 0.408. The lowest BCUT2D eigenvalue weighted by molar-refractivity contribution is 0.172. The van der Waals surface area contributed by atoms with Gasteiger partial charge in [-0.05, 0) is 36.6 Å². The van der Waals surface area contributed by atoms with Gasteiger partial charge in [-0.25, -0.2) is 0 Å². The molecule has 1 aliphatic carbocycles. The summed E-state index contributed by atoms with van der Waals surface area (Å²) in [5, 5.41) is 13.3. The standard InChI is InChI=1S/C14H20BrNO/c15-13-6-2-5-12(9-13)14(17)10-16-8-7-11-3-1-4-11/h2,5-6,9,11,14,16-17H,1,3-4,7-8,10H2. The van der Waals surface area contributed by atoms with Crippen LogP contribution in [0.4, 0.5) is 0 Å². The molecule has 1 saturated carbocycles. The van der Waals surface area contributed by atoms with Crippen LogP contribution in [0, 0.1) is 5.92 Å². The Labute approximate surface area is 112 Å². The average molecular weight is 298 g/mol. The van der Waals surface area contributed by atoms with E-state index in [1.54, 1.807) is 0 Å². The molecular formula is C14H20BrNO. The van der Waals surface area contributed by atoms with Gasteiger partial charge in [0.15, 0.2) is 0 Å². The largest absolute Gasteiger partial charge is 0.387 e. The van der Waals surface area contributed by atoms with Gasteiger partial charge in [0.1, 0.15) is 0 Å². The van der Waals surface area contributed by atoms with Crippen LogP contribution in [0.5, 0.6) is 0 Å².